The van der Waals surface area contributed by atoms with Gasteiger partial charge in [-0.1, -0.05) is 58.4 Å². The SMILES string of the molecule is CCOCCCC(=O)N[C@H](c1ccccc1)c1ccc(Br)cc1. The normalized spacial score (nSPS) is 11.9. The fraction of sp³-hybridized carbons (Fsp3) is 0.316. The molecule has 122 valence electrons. The van der Waals surface area contributed by atoms with E-state index in [1.165, 1.54) is 0 Å². The van der Waals surface area contributed by atoms with Crippen LogP contribution >= 0.6 is 15.9 Å². The topological polar surface area (TPSA) is 38.3 Å². The number of nitrogens with one attached hydrogen (secondary N) is 1. The fourth-order valence-electron chi connectivity index (χ4n) is 2.37. The summed E-state index contributed by atoms with van der Waals surface area (Å²) in [6, 6.07) is 17.9. The number of rotatable bonds is 8. The van der Waals surface area contributed by atoms with Crippen molar-refractivity contribution in [3.05, 3.63) is 70.2 Å². The Hall–Kier alpha value is -1.65. The van der Waals surface area contributed by atoms with E-state index < -0.39 is 0 Å². The van der Waals surface area contributed by atoms with Crippen LogP contribution in [0.3, 0.4) is 0 Å². The highest BCUT2D eigenvalue weighted by atomic mass is 79.9. The molecule has 0 saturated heterocycles. The average molecular weight is 376 g/mol. The van der Waals surface area contributed by atoms with Crippen LogP contribution < -0.4 is 5.32 Å². The Bertz CT molecular complexity index is 599. The van der Waals surface area contributed by atoms with Gasteiger partial charge in [-0.3, -0.25) is 4.79 Å². The molecule has 2 rings (SSSR count). The second-order valence-electron chi connectivity index (χ2n) is 5.26. The number of ether oxygens (including phenoxy) is 1. The van der Waals surface area contributed by atoms with Gasteiger partial charge in [-0.2, -0.15) is 0 Å². The summed E-state index contributed by atoms with van der Waals surface area (Å²) in [4.78, 5) is 12.3. The summed E-state index contributed by atoms with van der Waals surface area (Å²) < 4.78 is 6.31. The van der Waals surface area contributed by atoms with E-state index in [1.54, 1.807) is 0 Å². The monoisotopic (exact) mass is 375 g/mol. The van der Waals surface area contributed by atoms with E-state index in [0.717, 1.165) is 22.0 Å². The number of carbonyl (C=O) groups is 1. The molecule has 0 heterocycles. The first-order valence-electron chi connectivity index (χ1n) is 7.88. The minimum atomic E-state index is -0.135. The van der Waals surface area contributed by atoms with Crippen LogP contribution in [0.25, 0.3) is 0 Å². The third kappa shape index (κ3) is 5.81. The van der Waals surface area contributed by atoms with Gasteiger partial charge in [-0.15, -0.1) is 0 Å². The van der Waals surface area contributed by atoms with Crippen molar-refractivity contribution in [1.29, 1.82) is 0 Å². The molecule has 0 saturated carbocycles. The summed E-state index contributed by atoms with van der Waals surface area (Å²) in [6.45, 7) is 3.27. The first kappa shape index (κ1) is 17.7. The zero-order valence-corrected chi connectivity index (χ0v) is 14.9. The van der Waals surface area contributed by atoms with Crippen molar-refractivity contribution in [2.24, 2.45) is 0 Å². The highest BCUT2D eigenvalue weighted by molar-refractivity contribution is 9.10. The van der Waals surface area contributed by atoms with Crippen molar-refractivity contribution >= 4 is 21.8 Å². The van der Waals surface area contributed by atoms with Crippen LogP contribution in [0.5, 0.6) is 0 Å². The molecule has 0 bridgehead atoms. The van der Waals surface area contributed by atoms with Gasteiger partial charge in [-0.05, 0) is 36.6 Å². The predicted octanol–water partition coefficient (Wildman–Crippen LogP) is 4.47. The number of carbonyl (C=O) groups excluding carboxylic acids is 1. The zero-order chi connectivity index (χ0) is 16.5. The van der Waals surface area contributed by atoms with Crippen molar-refractivity contribution in [1.82, 2.24) is 5.32 Å². The lowest BCUT2D eigenvalue weighted by atomic mass is 9.98. The standard InChI is InChI=1S/C19H22BrNO2/c1-2-23-14-6-9-18(22)21-19(15-7-4-3-5-8-15)16-10-12-17(20)13-11-16/h3-5,7-8,10-13,19H,2,6,9,14H2,1H3,(H,21,22)/t19-/m1/s1. The zero-order valence-electron chi connectivity index (χ0n) is 13.3. The molecule has 23 heavy (non-hydrogen) atoms. The second-order valence-corrected chi connectivity index (χ2v) is 6.18. The number of halogens is 1. The minimum Gasteiger partial charge on any atom is -0.382 e. The molecule has 0 aliphatic rings. The summed E-state index contributed by atoms with van der Waals surface area (Å²) >= 11 is 3.45. The summed E-state index contributed by atoms with van der Waals surface area (Å²) in [5, 5.41) is 3.14. The Labute approximate surface area is 146 Å². The van der Waals surface area contributed by atoms with Crippen molar-refractivity contribution in [2.45, 2.75) is 25.8 Å². The maximum atomic E-state index is 12.3. The van der Waals surface area contributed by atoms with Gasteiger partial charge >= 0.3 is 0 Å². The third-order valence-corrected chi connectivity index (χ3v) is 4.07. The van der Waals surface area contributed by atoms with Gasteiger partial charge in [0.05, 0.1) is 6.04 Å². The lowest BCUT2D eigenvalue weighted by molar-refractivity contribution is -0.121. The van der Waals surface area contributed by atoms with E-state index in [9.17, 15) is 4.79 Å². The van der Waals surface area contributed by atoms with Crippen LogP contribution in [0.2, 0.25) is 0 Å². The lowest BCUT2D eigenvalue weighted by Gasteiger charge is -2.20. The molecule has 2 aromatic carbocycles. The molecule has 4 heteroatoms. The van der Waals surface area contributed by atoms with Crippen LogP contribution in [0, 0.1) is 0 Å². The van der Waals surface area contributed by atoms with Crippen molar-refractivity contribution in [2.75, 3.05) is 13.2 Å². The lowest BCUT2D eigenvalue weighted by Crippen LogP contribution is -2.29. The molecule has 0 aromatic heterocycles. The minimum absolute atomic E-state index is 0.0430. The number of hydrogen-bond donors (Lipinski definition) is 1. The molecule has 1 N–H and O–H groups in total. The Morgan fingerprint density at radius 2 is 1.74 bits per heavy atom. The summed E-state index contributed by atoms with van der Waals surface area (Å²) in [7, 11) is 0. The Morgan fingerprint density at radius 1 is 1.09 bits per heavy atom. The highest BCUT2D eigenvalue weighted by Crippen LogP contribution is 2.23. The van der Waals surface area contributed by atoms with Crippen LogP contribution in [0.4, 0.5) is 0 Å². The molecular weight excluding hydrogens is 354 g/mol. The highest BCUT2D eigenvalue weighted by Gasteiger charge is 2.16. The van der Waals surface area contributed by atoms with Crippen molar-refractivity contribution in [3.63, 3.8) is 0 Å². The van der Waals surface area contributed by atoms with Gasteiger partial charge in [0, 0.05) is 24.1 Å². The van der Waals surface area contributed by atoms with Crippen LogP contribution in [-0.2, 0) is 9.53 Å². The maximum Gasteiger partial charge on any atom is 0.220 e. The van der Waals surface area contributed by atoms with E-state index in [-0.39, 0.29) is 11.9 Å². The van der Waals surface area contributed by atoms with Gasteiger partial charge in [-0.25, -0.2) is 0 Å². The molecule has 0 fully saturated rings. The number of benzene rings is 2. The number of amides is 1. The average Bonchev–Trinajstić information content (AvgIpc) is 2.58. The predicted molar refractivity (Wildman–Crippen MR) is 96.3 cm³/mol. The van der Waals surface area contributed by atoms with Gasteiger partial charge in [0.2, 0.25) is 5.91 Å². The molecule has 0 spiro atoms. The van der Waals surface area contributed by atoms with Gasteiger partial charge in [0.1, 0.15) is 0 Å². The molecule has 1 amide bonds. The Morgan fingerprint density at radius 3 is 2.39 bits per heavy atom. The fourth-order valence-corrected chi connectivity index (χ4v) is 2.64. The molecule has 0 unspecified atom stereocenters. The molecule has 0 aliphatic heterocycles. The first-order valence-corrected chi connectivity index (χ1v) is 8.67. The van der Waals surface area contributed by atoms with Gasteiger partial charge in [0.25, 0.3) is 0 Å². The Kier molecular flexibility index (Phi) is 7.30. The van der Waals surface area contributed by atoms with E-state index >= 15 is 0 Å². The molecule has 0 radical (unpaired) electrons. The smallest absolute Gasteiger partial charge is 0.220 e. The molecule has 3 nitrogen and oxygen atoms in total. The molecule has 2 aromatic rings. The molecular formula is C19H22BrNO2. The molecule has 1 atom stereocenters. The van der Waals surface area contributed by atoms with Crippen LogP contribution in [0.15, 0.2) is 59.1 Å². The second kappa shape index (κ2) is 9.48. The van der Waals surface area contributed by atoms with Crippen LogP contribution in [-0.4, -0.2) is 19.1 Å². The molecule has 0 aliphatic carbocycles. The van der Waals surface area contributed by atoms with E-state index in [1.807, 2.05) is 61.5 Å². The summed E-state index contributed by atoms with van der Waals surface area (Å²) in [5.41, 5.74) is 2.14. The van der Waals surface area contributed by atoms with E-state index in [2.05, 4.69) is 21.2 Å². The number of hydrogen-bond acceptors (Lipinski definition) is 2. The van der Waals surface area contributed by atoms with Crippen molar-refractivity contribution < 1.29 is 9.53 Å². The van der Waals surface area contributed by atoms with Crippen molar-refractivity contribution in [3.8, 4) is 0 Å². The quantitative estimate of drug-likeness (QED) is 0.691. The van der Waals surface area contributed by atoms with Gasteiger partial charge < -0.3 is 10.1 Å². The maximum absolute atomic E-state index is 12.3. The third-order valence-electron chi connectivity index (χ3n) is 3.54. The van der Waals surface area contributed by atoms with E-state index in [0.29, 0.717) is 19.6 Å². The van der Waals surface area contributed by atoms with E-state index in [4.69, 9.17) is 4.74 Å². The first-order chi connectivity index (χ1) is 11.2. The van der Waals surface area contributed by atoms with Crippen LogP contribution in [0.1, 0.15) is 36.9 Å². The van der Waals surface area contributed by atoms with Gasteiger partial charge in [0.15, 0.2) is 0 Å². The largest absolute Gasteiger partial charge is 0.382 e. The summed E-state index contributed by atoms with van der Waals surface area (Å²) in [6.07, 6.45) is 1.21. The Balaban J connectivity index is 2.08. The summed E-state index contributed by atoms with van der Waals surface area (Å²) in [5.74, 6) is 0.0430.